The molecule has 0 atom stereocenters. The van der Waals surface area contributed by atoms with Gasteiger partial charge < -0.3 is 0 Å². The molecule has 0 amide bonds. The van der Waals surface area contributed by atoms with Crippen LogP contribution in [0.2, 0.25) is 0 Å². The first-order chi connectivity index (χ1) is 7.83. The minimum Gasteiger partial charge on any atom is -0.0991 e. The lowest BCUT2D eigenvalue weighted by Crippen LogP contribution is -1.92. The van der Waals surface area contributed by atoms with E-state index >= 15 is 0 Å². The van der Waals surface area contributed by atoms with Gasteiger partial charge in [0.15, 0.2) is 0 Å². The molecule has 0 spiro atoms. The van der Waals surface area contributed by atoms with Crippen LogP contribution in [-0.2, 0) is 0 Å². The van der Waals surface area contributed by atoms with E-state index in [1.807, 2.05) is 26.0 Å². The molecule has 16 heavy (non-hydrogen) atoms. The maximum absolute atomic E-state index is 3.65. The fourth-order valence-electron chi connectivity index (χ4n) is 2.11. The van der Waals surface area contributed by atoms with Crippen molar-refractivity contribution in [2.75, 3.05) is 0 Å². The topological polar surface area (TPSA) is 0 Å². The summed E-state index contributed by atoms with van der Waals surface area (Å²) in [6.45, 7) is 9.88. The average molecular weight is 220 g/mol. The summed E-state index contributed by atoms with van der Waals surface area (Å²) in [5, 5.41) is 0. The molecule has 0 N–H and O–H groups in total. The highest BCUT2D eigenvalue weighted by molar-refractivity contribution is 5.14. The molecule has 0 unspecified atom stereocenters. The molecule has 1 fully saturated rings. The highest BCUT2D eigenvalue weighted by Crippen LogP contribution is 2.29. The summed E-state index contributed by atoms with van der Waals surface area (Å²) in [5.41, 5.74) is 1.50. The van der Waals surface area contributed by atoms with Crippen molar-refractivity contribution in [3.05, 3.63) is 36.5 Å². The normalized spacial score (nSPS) is 17.3. The summed E-state index contributed by atoms with van der Waals surface area (Å²) in [4.78, 5) is 0. The van der Waals surface area contributed by atoms with Gasteiger partial charge in [0.05, 0.1) is 0 Å². The Morgan fingerprint density at radius 3 is 2.38 bits per heavy atom. The Balaban J connectivity index is 0.00000106. The van der Waals surface area contributed by atoms with E-state index in [1.54, 1.807) is 0 Å². The molecular formula is C16H28. The van der Waals surface area contributed by atoms with Crippen molar-refractivity contribution < 1.29 is 0 Å². The lowest BCUT2D eigenvalue weighted by atomic mass is 9.99. The van der Waals surface area contributed by atoms with Crippen LogP contribution in [-0.4, -0.2) is 0 Å². The van der Waals surface area contributed by atoms with Crippen LogP contribution in [0.15, 0.2) is 36.5 Å². The standard InChI is InChI=1S/C14H22.C2H6/c1-3-4-5-8-13(2)11-12-14-9-6-7-10-14;1-2/h3-5,8,14H,1,6-7,9-12H2,2H3;1-2H3/b5-4-,13-8+;. The second-order valence-corrected chi connectivity index (χ2v) is 4.32. The third-order valence-electron chi connectivity index (χ3n) is 3.05. The van der Waals surface area contributed by atoms with Crippen LogP contribution in [0.5, 0.6) is 0 Å². The molecule has 0 aromatic rings. The van der Waals surface area contributed by atoms with Crippen LogP contribution >= 0.6 is 0 Å². The Labute approximate surface area is 102 Å². The van der Waals surface area contributed by atoms with Crippen LogP contribution in [0.25, 0.3) is 0 Å². The van der Waals surface area contributed by atoms with Gasteiger partial charge in [-0.1, -0.05) is 76.0 Å². The Kier molecular flexibility index (Phi) is 10.2. The molecule has 1 aliphatic carbocycles. The van der Waals surface area contributed by atoms with Crippen molar-refractivity contribution in [3.63, 3.8) is 0 Å². The smallest absolute Gasteiger partial charge is 0.0317 e. The van der Waals surface area contributed by atoms with Crippen molar-refractivity contribution in [1.82, 2.24) is 0 Å². The zero-order valence-electron chi connectivity index (χ0n) is 11.3. The molecule has 1 saturated carbocycles. The van der Waals surface area contributed by atoms with E-state index in [-0.39, 0.29) is 0 Å². The van der Waals surface area contributed by atoms with Gasteiger partial charge in [0.2, 0.25) is 0 Å². The van der Waals surface area contributed by atoms with Gasteiger partial charge in [0.25, 0.3) is 0 Å². The van der Waals surface area contributed by atoms with Crippen molar-refractivity contribution in [1.29, 1.82) is 0 Å². The summed E-state index contributed by atoms with van der Waals surface area (Å²) in [6.07, 6.45) is 16.6. The van der Waals surface area contributed by atoms with Crippen molar-refractivity contribution in [3.8, 4) is 0 Å². The summed E-state index contributed by atoms with van der Waals surface area (Å²) in [5.74, 6) is 1.02. The molecule has 0 saturated heterocycles. The SMILES string of the molecule is C=C/C=C\C=C(/C)CCC1CCCC1.CC. The number of rotatable bonds is 5. The van der Waals surface area contributed by atoms with Crippen LogP contribution in [0.4, 0.5) is 0 Å². The molecule has 0 nitrogen and oxygen atoms in total. The summed E-state index contributed by atoms with van der Waals surface area (Å²) < 4.78 is 0. The highest BCUT2D eigenvalue weighted by Gasteiger charge is 2.13. The van der Waals surface area contributed by atoms with E-state index in [4.69, 9.17) is 0 Å². The quantitative estimate of drug-likeness (QED) is 0.523. The van der Waals surface area contributed by atoms with Gasteiger partial charge in [-0.3, -0.25) is 0 Å². The second kappa shape index (κ2) is 10.7. The molecule has 92 valence electrons. The minimum absolute atomic E-state index is 1.02. The fourth-order valence-corrected chi connectivity index (χ4v) is 2.11. The Morgan fingerprint density at radius 2 is 1.81 bits per heavy atom. The first-order valence-electron chi connectivity index (χ1n) is 6.78. The Morgan fingerprint density at radius 1 is 1.19 bits per heavy atom. The van der Waals surface area contributed by atoms with Gasteiger partial charge in [0.1, 0.15) is 0 Å². The van der Waals surface area contributed by atoms with Crippen LogP contribution in [0.3, 0.4) is 0 Å². The van der Waals surface area contributed by atoms with Crippen molar-refractivity contribution in [2.45, 2.75) is 59.3 Å². The molecule has 0 heteroatoms. The molecule has 0 heterocycles. The minimum atomic E-state index is 1.02. The fraction of sp³-hybridized carbons (Fsp3) is 0.625. The summed E-state index contributed by atoms with van der Waals surface area (Å²) in [6, 6.07) is 0. The van der Waals surface area contributed by atoms with E-state index in [0.29, 0.717) is 0 Å². The monoisotopic (exact) mass is 220 g/mol. The second-order valence-electron chi connectivity index (χ2n) is 4.32. The predicted molar refractivity (Wildman–Crippen MR) is 75.6 cm³/mol. The number of allylic oxidation sites excluding steroid dienone is 5. The zero-order valence-corrected chi connectivity index (χ0v) is 11.3. The molecule has 0 bridgehead atoms. The van der Waals surface area contributed by atoms with Gasteiger partial charge >= 0.3 is 0 Å². The molecule has 0 aliphatic heterocycles. The first-order valence-corrected chi connectivity index (χ1v) is 6.78. The zero-order chi connectivity index (χ0) is 12.2. The van der Waals surface area contributed by atoms with Crippen molar-refractivity contribution in [2.24, 2.45) is 5.92 Å². The largest absolute Gasteiger partial charge is 0.0991 e. The molecular weight excluding hydrogens is 192 g/mol. The van der Waals surface area contributed by atoms with Crippen LogP contribution < -0.4 is 0 Å². The molecule has 1 aliphatic rings. The Bertz CT molecular complexity index is 214. The van der Waals surface area contributed by atoms with E-state index < -0.39 is 0 Å². The molecule has 1 rings (SSSR count). The summed E-state index contributed by atoms with van der Waals surface area (Å²) in [7, 11) is 0. The van der Waals surface area contributed by atoms with E-state index in [1.165, 1.54) is 44.1 Å². The van der Waals surface area contributed by atoms with E-state index in [2.05, 4.69) is 25.7 Å². The van der Waals surface area contributed by atoms with Crippen molar-refractivity contribution >= 4 is 0 Å². The third-order valence-corrected chi connectivity index (χ3v) is 3.05. The molecule has 0 aromatic heterocycles. The number of hydrogen-bond donors (Lipinski definition) is 0. The van der Waals surface area contributed by atoms with E-state index in [0.717, 1.165) is 5.92 Å². The van der Waals surface area contributed by atoms with Crippen LogP contribution in [0, 0.1) is 5.92 Å². The average Bonchev–Trinajstić information content (AvgIpc) is 2.82. The number of hydrogen-bond acceptors (Lipinski definition) is 0. The van der Waals surface area contributed by atoms with Gasteiger partial charge in [-0.25, -0.2) is 0 Å². The maximum Gasteiger partial charge on any atom is -0.0317 e. The van der Waals surface area contributed by atoms with E-state index in [9.17, 15) is 0 Å². The first kappa shape index (κ1) is 15.2. The van der Waals surface area contributed by atoms with Gasteiger partial charge in [-0.05, 0) is 25.7 Å². The molecule has 0 aromatic carbocycles. The van der Waals surface area contributed by atoms with Gasteiger partial charge in [-0.2, -0.15) is 0 Å². The lowest BCUT2D eigenvalue weighted by molar-refractivity contribution is 0.503. The Hall–Kier alpha value is -0.780. The third kappa shape index (κ3) is 7.50. The van der Waals surface area contributed by atoms with Crippen LogP contribution in [0.1, 0.15) is 59.3 Å². The maximum atomic E-state index is 3.65. The lowest BCUT2D eigenvalue weighted by Gasteiger charge is -2.07. The predicted octanol–water partition coefficient (Wildman–Crippen LogP) is 5.67. The summed E-state index contributed by atoms with van der Waals surface area (Å²) >= 11 is 0. The van der Waals surface area contributed by atoms with Gasteiger partial charge in [-0.15, -0.1) is 0 Å². The van der Waals surface area contributed by atoms with Gasteiger partial charge in [0, 0.05) is 0 Å². The highest BCUT2D eigenvalue weighted by atomic mass is 14.2. The molecule has 0 radical (unpaired) electrons.